The standard InChI is InChI=1S/C20H18BrF2O4P/c21-19-12-15(6-8-18(19)20(22,23)27-28(24)25)13-26-10-9-14-5-7-16-3-1-2-4-17(16)11-14/h1-8,11-12,28H,9-10,13H2,(H,24,25). The summed E-state index contributed by atoms with van der Waals surface area (Å²) in [6, 6.07) is 18.5. The van der Waals surface area contributed by atoms with Crippen molar-refractivity contribution in [2.24, 2.45) is 0 Å². The van der Waals surface area contributed by atoms with Gasteiger partial charge in [0.05, 0.1) is 18.8 Å². The highest BCUT2D eigenvalue weighted by molar-refractivity contribution is 9.10. The third-order valence-corrected chi connectivity index (χ3v) is 5.27. The SMILES string of the molecule is O=[PH](O)OC(F)(F)c1ccc(COCCc2ccc3ccccc3c2)cc1Br. The molecule has 1 atom stereocenters. The molecule has 4 nitrogen and oxygen atoms in total. The van der Waals surface area contributed by atoms with Gasteiger partial charge in [-0.15, -0.1) is 0 Å². The van der Waals surface area contributed by atoms with E-state index in [1.807, 2.05) is 12.1 Å². The first-order valence-electron chi connectivity index (χ1n) is 8.49. The molecule has 8 heteroatoms. The van der Waals surface area contributed by atoms with E-state index in [0.29, 0.717) is 12.2 Å². The molecule has 28 heavy (non-hydrogen) atoms. The molecular weight excluding hydrogens is 453 g/mol. The van der Waals surface area contributed by atoms with E-state index < -0.39 is 19.9 Å². The van der Waals surface area contributed by atoms with Gasteiger partial charge in [0, 0.05) is 4.47 Å². The smallest absolute Gasteiger partial charge is 0.376 e. The van der Waals surface area contributed by atoms with Crippen LogP contribution in [-0.4, -0.2) is 11.5 Å². The second kappa shape index (κ2) is 9.25. The predicted octanol–water partition coefficient (Wildman–Crippen LogP) is 5.81. The number of ether oxygens (including phenoxy) is 1. The van der Waals surface area contributed by atoms with Gasteiger partial charge in [-0.1, -0.05) is 64.5 Å². The zero-order valence-corrected chi connectivity index (χ0v) is 17.3. The summed E-state index contributed by atoms with van der Waals surface area (Å²) in [6.07, 6.45) is -3.11. The molecule has 148 valence electrons. The van der Waals surface area contributed by atoms with E-state index in [1.165, 1.54) is 22.9 Å². The molecule has 3 aromatic rings. The van der Waals surface area contributed by atoms with E-state index in [2.05, 4.69) is 50.8 Å². The van der Waals surface area contributed by atoms with Gasteiger partial charge >= 0.3 is 14.4 Å². The first-order valence-corrected chi connectivity index (χ1v) is 10.5. The Hall–Kier alpha value is -1.63. The Morgan fingerprint density at radius 1 is 1.00 bits per heavy atom. The normalized spacial score (nSPS) is 13.0. The minimum Gasteiger partial charge on any atom is -0.376 e. The fourth-order valence-electron chi connectivity index (χ4n) is 2.82. The van der Waals surface area contributed by atoms with Gasteiger partial charge in [0.25, 0.3) is 0 Å². The van der Waals surface area contributed by atoms with Crippen LogP contribution in [0, 0.1) is 0 Å². The Morgan fingerprint density at radius 3 is 2.43 bits per heavy atom. The zero-order chi connectivity index (χ0) is 20.1. The molecule has 3 rings (SSSR count). The topological polar surface area (TPSA) is 55.8 Å². The Morgan fingerprint density at radius 2 is 1.71 bits per heavy atom. The molecule has 0 bridgehead atoms. The maximum atomic E-state index is 13.8. The van der Waals surface area contributed by atoms with Gasteiger partial charge in [0.2, 0.25) is 0 Å². The fourth-order valence-corrected chi connectivity index (χ4v) is 3.81. The summed E-state index contributed by atoms with van der Waals surface area (Å²) in [7, 11) is -3.77. The van der Waals surface area contributed by atoms with Crippen LogP contribution >= 0.6 is 24.2 Å². The van der Waals surface area contributed by atoms with E-state index in [4.69, 9.17) is 9.63 Å². The van der Waals surface area contributed by atoms with Crippen molar-refractivity contribution < 1.29 is 27.5 Å². The van der Waals surface area contributed by atoms with E-state index in [0.717, 1.165) is 18.1 Å². The van der Waals surface area contributed by atoms with Crippen LogP contribution in [0.2, 0.25) is 0 Å². The van der Waals surface area contributed by atoms with Crippen LogP contribution in [-0.2, 0) is 33.0 Å². The summed E-state index contributed by atoms with van der Waals surface area (Å²) in [6.45, 7) is 0.749. The first-order chi connectivity index (χ1) is 13.3. The summed E-state index contributed by atoms with van der Waals surface area (Å²) < 4.78 is 47.7. The number of rotatable bonds is 8. The lowest BCUT2D eigenvalue weighted by atomic mass is 10.1. The summed E-state index contributed by atoms with van der Waals surface area (Å²) >= 11 is 3.05. The molecule has 0 aliphatic heterocycles. The lowest BCUT2D eigenvalue weighted by Crippen LogP contribution is -2.15. The molecule has 0 heterocycles. The van der Waals surface area contributed by atoms with Gasteiger partial charge in [-0.3, -0.25) is 4.57 Å². The lowest BCUT2D eigenvalue weighted by Gasteiger charge is -2.17. The van der Waals surface area contributed by atoms with Crippen LogP contribution in [0.25, 0.3) is 10.8 Å². The van der Waals surface area contributed by atoms with Gasteiger partial charge in [0.15, 0.2) is 0 Å². The highest BCUT2D eigenvalue weighted by Gasteiger charge is 2.37. The summed E-state index contributed by atoms with van der Waals surface area (Å²) in [5.41, 5.74) is 1.34. The van der Waals surface area contributed by atoms with Crippen molar-refractivity contribution in [2.75, 3.05) is 6.61 Å². The molecule has 0 aliphatic rings. The summed E-state index contributed by atoms with van der Waals surface area (Å²) in [5, 5.41) is 2.36. The number of alkyl halides is 2. The first kappa shape index (κ1) is 21.1. The minimum atomic E-state index is -3.85. The molecule has 0 aromatic heterocycles. The van der Waals surface area contributed by atoms with Crippen LogP contribution in [0.4, 0.5) is 8.78 Å². The quantitative estimate of drug-likeness (QED) is 0.333. The molecule has 0 saturated carbocycles. The van der Waals surface area contributed by atoms with E-state index in [1.54, 1.807) is 0 Å². The number of benzene rings is 3. The van der Waals surface area contributed by atoms with Crippen LogP contribution in [0.3, 0.4) is 0 Å². The Bertz CT molecular complexity index is 997. The largest absolute Gasteiger partial charge is 0.390 e. The predicted molar refractivity (Wildman–Crippen MR) is 108 cm³/mol. The minimum absolute atomic E-state index is 0.0800. The highest BCUT2D eigenvalue weighted by atomic mass is 79.9. The van der Waals surface area contributed by atoms with Gasteiger partial charge < -0.3 is 9.63 Å². The zero-order valence-electron chi connectivity index (χ0n) is 14.7. The van der Waals surface area contributed by atoms with Gasteiger partial charge in [-0.25, -0.2) is 4.52 Å². The molecule has 0 saturated heterocycles. The maximum Gasteiger partial charge on any atom is 0.390 e. The Kier molecular flexibility index (Phi) is 6.96. The monoisotopic (exact) mass is 470 g/mol. The number of halogens is 3. The fraction of sp³-hybridized carbons (Fsp3) is 0.200. The average molecular weight is 471 g/mol. The van der Waals surface area contributed by atoms with Crippen LogP contribution in [0.1, 0.15) is 16.7 Å². The second-order valence-corrected chi connectivity index (χ2v) is 7.77. The van der Waals surface area contributed by atoms with Crippen LogP contribution in [0.5, 0.6) is 0 Å². The highest BCUT2D eigenvalue weighted by Crippen LogP contribution is 2.40. The maximum absolute atomic E-state index is 13.8. The number of fused-ring (bicyclic) bond motifs is 1. The third-order valence-electron chi connectivity index (χ3n) is 4.18. The molecule has 0 aliphatic carbocycles. The van der Waals surface area contributed by atoms with Gasteiger partial charge in [0.1, 0.15) is 0 Å². The number of hydrogen-bond donors (Lipinski definition) is 1. The molecular formula is C20H18BrF2O4P. The Balaban J connectivity index is 1.55. The molecule has 0 amide bonds. The molecule has 3 aromatic carbocycles. The third kappa shape index (κ3) is 5.46. The molecule has 0 spiro atoms. The van der Waals surface area contributed by atoms with E-state index >= 15 is 0 Å². The Labute approximate surface area is 170 Å². The van der Waals surface area contributed by atoms with Gasteiger partial charge in [-0.2, -0.15) is 8.78 Å². The van der Waals surface area contributed by atoms with Crippen LogP contribution in [0.15, 0.2) is 65.1 Å². The molecule has 0 fully saturated rings. The van der Waals surface area contributed by atoms with Crippen molar-refractivity contribution in [3.63, 3.8) is 0 Å². The lowest BCUT2D eigenvalue weighted by molar-refractivity contribution is -0.186. The number of hydrogen-bond acceptors (Lipinski definition) is 3. The van der Waals surface area contributed by atoms with Gasteiger partial charge in [-0.05, 0) is 40.5 Å². The molecule has 1 unspecified atom stereocenters. The van der Waals surface area contributed by atoms with Crippen molar-refractivity contribution in [1.29, 1.82) is 0 Å². The van der Waals surface area contributed by atoms with Crippen molar-refractivity contribution in [1.82, 2.24) is 0 Å². The second-order valence-electron chi connectivity index (χ2n) is 6.18. The molecule has 0 radical (unpaired) electrons. The van der Waals surface area contributed by atoms with Crippen molar-refractivity contribution in [3.8, 4) is 0 Å². The van der Waals surface area contributed by atoms with Crippen molar-refractivity contribution >= 4 is 35.0 Å². The summed E-state index contributed by atoms with van der Waals surface area (Å²) in [4.78, 5) is 8.60. The molecule has 1 N–H and O–H groups in total. The van der Waals surface area contributed by atoms with Crippen molar-refractivity contribution in [2.45, 2.75) is 19.1 Å². The summed E-state index contributed by atoms with van der Waals surface area (Å²) in [5.74, 6) is 0. The van der Waals surface area contributed by atoms with E-state index in [9.17, 15) is 13.3 Å². The van der Waals surface area contributed by atoms with E-state index in [-0.39, 0.29) is 11.1 Å². The average Bonchev–Trinajstić information content (AvgIpc) is 2.64. The van der Waals surface area contributed by atoms with Crippen molar-refractivity contribution in [3.05, 3.63) is 81.8 Å². The van der Waals surface area contributed by atoms with Crippen LogP contribution < -0.4 is 0 Å².